The van der Waals surface area contributed by atoms with Crippen molar-refractivity contribution >= 4 is 28.2 Å². The maximum Gasteiger partial charge on any atom is 0.223 e. The van der Waals surface area contributed by atoms with Crippen molar-refractivity contribution in [1.29, 1.82) is 0 Å². The van der Waals surface area contributed by atoms with Crippen molar-refractivity contribution in [2.24, 2.45) is 0 Å². The highest BCUT2D eigenvalue weighted by atomic mass is 32.1. The molecule has 108 valence electrons. The van der Waals surface area contributed by atoms with E-state index in [1.807, 2.05) is 23.4 Å². The number of H-pyrrole nitrogens is 1. The van der Waals surface area contributed by atoms with Crippen LogP contribution in [-0.2, 0) is 11.3 Å². The monoisotopic (exact) mass is 293 g/mol. The Morgan fingerprint density at radius 1 is 1.55 bits per heavy atom. The lowest BCUT2D eigenvalue weighted by molar-refractivity contribution is -0.114. The van der Waals surface area contributed by atoms with E-state index < -0.39 is 0 Å². The van der Waals surface area contributed by atoms with Crippen LogP contribution in [0.5, 0.6) is 0 Å². The summed E-state index contributed by atoms with van der Waals surface area (Å²) in [7, 11) is 1.97. The van der Waals surface area contributed by atoms with Gasteiger partial charge in [0.15, 0.2) is 10.9 Å². The van der Waals surface area contributed by atoms with Crippen molar-refractivity contribution in [3.05, 3.63) is 22.8 Å². The molecule has 0 spiro atoms. The predicted octanol–water partition coefficient (Wildman–Crippen LogP) is 2.58. The molecule has 0 atom stereocenters. The van der Waals surface area contributed by atoms with Crippen LogP contribution in [0.15, 0.2) is 11.4 Å². The summed E-state index contributed by atoms with van der Waals surface area (Å²) in [5, 5.41) is 12.6. The maximum atomic E-state index is 11.0. The van der Waals surface area contributed by atoms with Crippen molar-refractivity contribution < 1.29 is 4.79 Å². The van der Waals surface area contributed by atoms with Crippen LogP contribution in [0.4, 0.5) is 10.9 Å². The number of carbonyl (C=O) groups excluding carboxylic acids is 1. The first kappa shape index (κ1) is 14.5. The van der Waals surface area contributed by atoms with Crippen molar-refractivity contribution in [1.82, 2.24) is 15.2 Å². The molecule has 1 amide bonds. The molecule has 2 N–H and O–H groups in total. The number of rotatable bonds is 5. The Labute approximate surface area is 122 Å². The fraction of sp³-hybridized carbons (Fsp3) is 0.462. The first-order chi connectivity index (χ1) is 9.45. The minimum Gasteiger partial charge on any atom is -0.352 e. The van der Waals surface area contributed by atoms with Crippen LogP contribution >= 0.6 is 11.3 Å². The molecule has 0 unspecified atom stereocenters. The van der Waals surface area contributed by atoms with Crippen LogP contribution in [-0.4, -0.2) is 28.1 Å². The highest BCUT2D eigenvalue weighted by Gasteiger charge is 2.11. The average molecular weight is 293 g/mol. The van der Waals surface area contributed by atoms with Gasteiger partial charge in [0.25, 0.3) is 0 Å². The first-order valence-corrected chi connectivity index (χ1v) is 7.32. The van der Waals surface area contributed by atoms with Gasteiger partial charge in [-0.25, -0.2) is 4.98 Å². The Morgan fingerprint density at radius 2 is 2.30 bits per heavy atom. The lowest BCUT2D eigenvalue weighted by Gasteiger charge is -2.13. The van der Waals surface area contributed by atoms with Crippen LogP contribution in [0, 0.1) is 0 Å². The van der Waals surface area contributed by atoms with Crippen molar-refractivity contribution in [2.75, 3.05) is 17.3 Å². The Balaban J connectivity index is 2.01. The smallest absolute Gasteiger partial charge is 0.223 e. The Kier molecular flexibility index (Phi) is 4.39. The second-order valence-electron chi connectivity index (χ2n) is 5.02. The number of aromatic amines is 1. The van der Waals surface area contributed by atoms with Gasteiger partial charge in [-0.1, -0.05) is 13.8 Å². The predicted molar refractivity (Wildman–Crippen MR) is 81.2 cm³/mol. The lowest BCUT2D eigenvalue weighted by Crippen LogP contribution is -2.17. The van der Waals surface area contributed by atoms with Crippen molar-refractivity contribution in [2.45, 2.75) is 33.2 Å². The van der Waals surface area contributed by atoms with Crippen molar-refractivity contribution in [3.63, 3.8) is 0 Å². The van der Waals surface area contributed by atoms with Crippen LogP contribution in [0.2, 0.25) is 0 Å². The van der Waals surface area contributed by atoms with E-state index in [2.05, 4.69) is 34.3 Å². The van der Waals surface area contributed by atoms with Gasteiger partial charge in [0.2, 0.25) is 5.91 Å². The number of aromatic nitrogens is 3. The molecule has 0 fully saturated rings. The molecule has 0 aliphatic carbocycles. The van der Waals surface area contributed by atoms with Gasteiger partial charge >= 0.3 is 0 Å². The van der Waals surface area contributed by atoms with E-state index in [0.29, 0.717) is 17.6 Å². The first-order valence-electron chi connectivity index (χ1n) is 6.44. The zero-order chi connectivity index (χ0) is 14.7. The second kappa shape index (κ2) is 6.04. The molecule has 0 radical (unpaired) electrons. The number of hydrogen-bond donors (Lipinski definition) is 2. The number of hydrogen-bond acceptors (Lipinski definition) is 5. The average Bonchev–Trinajstić information content (AvgIpc) is 2.97. The minimum absolute atomic E-state index is 0.104. The molecule has 6 nitrogen and oxygen atoms in total. The third kappa shape index (κ3) is 3.57. The quantitative estimate of drug-likeness (QED) is 0.888. The molecule has 2 aromatic heterocycles. The van der Waals surface area contributed by atoms with E-state index in [0.717, 1.165) is 17.2 Å². The molecule has 2 heterocycles. The van der Waals surface area contributed by atoms with Gasteiger partial charge in [-0.3, -0.25) is 9.89 Å². The number of amides is 1. The number of nitrogens with one attached hydrogen (secondary N) is 2. The Bertz CT molecular complexity index is 589. The molecule has 2 aromatic rings. The van der Waals surface area contributed by atoms with E-state index in [-0.39, 0.29) is 5.91 Å². The molecule has 0 aliphatic heterocycles. The zero-order valence-corrected chi connectivity index (χ0v) is 12.9. The largest absolute Gasteiger partial charge is 0.352 e. The third-order valence-corrected chi connectivity index (χ3v) is 3.64. The van der Waals surface area contributed by atoms with Gasteiger partial charge in [-0.2, -0.15) is 5.10 Å². The summed E-state index contributed by atoms with van der Waals surface area (Å²) in [4.78, 5) is 17.4. The molecule has 7 heteroatoms. The summed E-state index contributed by atoms with van der Waals surface area (Å²) in [5.41, 5.74) is 2.03. The molecule has 20 heavy (non-hydrogen) atoms. The summed E-state index contributed by atoms with van der Waals surface area (Å²) in [6.45, 7) is 6.37. The van der Waals surface area contributed by atoms with Gasteiger partial charge < -0.3 is 10.2 Å². The summed E-state index contributed by atoms with van der Waals surface area (Å²) in [6.07, 6.45) is 0. The molecule has 0 saturated heterocycles. The van der Waals surface area contributed by atoms with Gasteiger partial charge in [0.1, 0.15) is 0 Å². The highest BCUT2D eigenvalue weighted by molar-refractivity contribution is 7.13. The fourth-order valence-electron chi connectivity index (χ4n) is 1.73. The zero-order valence-electron chi connectivity index (χ0n) is 12.1. The van der Waals surface area contributed by atoms with Gasteiger partial charge in [0.05, 0.1) is 12.2 Å². The van der Waals surface area contributed by atoms with E-state index in [4.69, 9.17) is 0 Å². The molecule has 0 saturated carbocycles. The highest BCUT2D eigenvalue weighted by Crippen LogP contribution is 2.21. The second-order valence-corrected chi connectivity index (χ2v) is 5.88. The number of carbonyl (C=O) groups is 1. The van der Waals surface area contributed by atoms with Crippen LogP contribution in [0.1, 0.15) is 38.1 Å². The van der Waals surface area contributed by atoms with E-state index in [1.165, 1.54) is 18.3 Å². The molecular weight excluding hydrogens is 274 g/mol. The molecular formula is C13H19N5OS. The standard InChI is InChI=1S/C13H19N5OS/c1-8(2)11-5-12(17-16-11)18(4)6-10-7-20-13(15-10)14-9(3)19/h5,7-8H,6H2,1-4H3,(H,16,17)(H,14,15,19). The minimum atomic E-state index is -0.104. The topological polar surface area (TPSA) is 73.9 Å². The number of anilines is 2. The van der Waals surface area contributed by atoms with Gasteiger partial charge in [-0.05, 0) is 5.92 Å². The normalized spacial score (nSPS) is 10.8. The summed E-state index contributed by atoms with van der Waals surface area (Å²) in [6, 6.07) is 2.05. The van der Waals surface area contributed by atoms with Crippen molar-refractivity contribution in [3.8, 4) is 0 Å². The molecule has 0 aliphatic rings. The third-order valence-electron chi connectivity index (χ3n) is 2.83. The summed E-state index contributed by atoms with van der Waals surface area (Å²) in [5.74, 6) is 1.21. The Morgan fingerprint density at radius 3 is 2.90 bits per heavy atom. The van der Waals surface area contributed by atoms with Gasteiger partial charge in [0, 0.05) is 31.1 Å². The van der Waals surface area contributed by atoms with Gasteiger partial charge in [-0.15, -0.1) is 11.3 Å². The number of nitrogens with zero attached hydrogens (tertiary/aromatic N) is 3. The van der Waals surface area contributed by atoms with Crippen LogP contribution < -0.4 is 10.2 Å². The SMILES string of the molecule is CC(=O)Nc1nc(CN(C)c2cc(C(C)C)[nH]n2)cs1. The summed E-state index contributed by atoms with van der Waals surface area (Å²) >= 11 is 1.43. The summed E-state index contributed by atoms with van der Waals surface area (Å²) < 4.78 is 0. The van der Waals surface area contributed by atoms with E-state index >= 15 is 0 Å². The molecule has 0 bridgehead atoms. The van der Waals surface area contributed by atoms with Crippen LogP contribution in [0.25, 0.3) is 0 Å². The van der Waals surface area contributed by atoms with E-state index in [1.54, 1.807) is 0 Å². The maximum absolute atomic E-state index is 11.0. The van der Waals surface area contributed by atoms with Crippen LogP contribution in [0.3, 0.4) is 0 Å². The van der Waals surface area contributed by atoms with E-state index in [9.17, 15) is 4.79 Å². The fourth-order valence-corrected chi connectivity index (χ4v) is 2.48. The Hall–Kier alpha value is -1.89. The number of thiazole rings is 1. The molecule has 2 rings (SSSR count). The molecule has 0 aromatic carbocycles. The lowest BCUT2D eigenvalue weighted by atomic mass is 10.1.